The SMILES string of the molecule is CCCNCCC(C)CCc1ccc(OC)cc1OC. The molecular weight excluding hydrogens is 250 g/mol. The number of hydrogen-bond acceptors (Lipinski definition) is 3. The second-order valence-electron chi connectivity index (χ2n) is 5.36. The van der Waals surface area contributed by atoms with Gasteiger partial charge < -0.3 is 14.8 Å². The van der Waals surface area contributed by atoms with E-state index in [0.717, 1.165) is 36.9 Å². The molecule has 1 N–H and O–H groups in total. The van der Waals surface area contributed by atoms with Crippen LogP contribution in [-0.2, 0) is 6.42 Å². The van der Waals surface area contributed by atoms with Gasteiger partial charge in [-0.3, -0.25) is 0 Å². The van der Waals surface area contributed by atoms with E-state index in [1.54, 1.807) is 14.2 Å². The Labute approximate surface area is 123 Å². The summed E-state index contributed by atoms with van der Waals surface area (Å²) in [5, 5.41) is 3.46. The first kappa shape index (κ1) is 16.8. The van der Waals surface area contributed by atoms with E-state index < -0.39 is 0 Å². The fourth-order valence-electron chi connectivity index (χ4n) is 2.25. The van der Waals surface area contributed by atoms with Crippen molar-refractivity contribution < 1.29 is 9.47 Å². The molecule has 0 bridgehead atoms. The van der Waals surface area contributed by atoms with E-state index in [9.17, 15) is 0 Å². The van der Waals surface area contributed by atoms with Crippen LogP contribution in [0.1, 0.15) is 38.7 Å². The van der Waals surface area contributed by atoms with E-state index in [1.165, 1.54) is 24.8 Å². The number of ether oxygens (including phenoxy) is 2. The average Bonchev–Trinajstić information content (AvgIpc) is 2.49. The normalized spacial score (nSPS) is 12.2. The van der Waals surface area contributed by atoms with Gasteiger partial charge in [-0.15, -0.1) is 0 Å². The summed E-state index contributed by atoms with van der Waals surface area (Å²) in [4.78, 5) is 0. The van der Waals surface area contributed by atoms with Gasteiger partial charge in [-0.2, -0.15) is 0 Å². The molecule has 0 aliphatic heterocycles. The molecule has 0 saturated carbocycles. The molecule has 114 valence electrons. The third-order valence-electron chi connectivity index (χ3n) is 3.64. The summed E-state index contributed by atoms with van der Waals surface area (Å²) in [6.45, 7) is 6.77. The van der Waals surface area contributed by atoms with Crippen LogP contribution in [0.4, 0.5) is 0 Å². The lowest BCUT2D eigenvalue weighted by atomic mass is 9.97. The van der Waals surface area contributed by atoms with Crippen molar-refractivity contribution in [3.63, 3.8) is 0 Å². The molecule has 0 heterocycles. The minimum atomic E-state index is 0.728. The molecule has 3 nitrogen and oxygen atoms in total. The molecule has 20 heavy (non-hydrogen) atoms. The molecule has 1 aromatic rings. The van der Waals surface area contributed by atoms with Crippen LogP contribution in [0.15, 0.2) is 18.2 Å². The zero-order valence-electron chi connectivity index (χ0n) is 13.4. The van der Waals surface area contributed by atoms with Gasteiger partial charge in [0.2, 0.25) is 0 Å². The third-order valence-corrected chi connectivity index (χ3v) is 3.64. The van der Waals surface area contributed by atoms with Gasteiger partial charge in [0.05, 0.1) is 14.2 Å². The number of methoxy groups -OCH3 is 2. The summed E-state index contributed by atoms with van der Waals surface area (Å²) < 4.78 is 10.7. The smallest absolute Gasteiger partial charge is 0.125 e. The van der Waals surface area contributed by atoms with Crippen molar-refractivity contribution >= 4 is 0 Å². The van der Waals surface area contributed by atoms with E-state index in [-0.39, 0.29) is 0 Å². The number of rotatable bonds is 10. The van der Waals surface area contributed by atoms with Crippen LogP contribution < -0.4 is 14.8 Å². The largest absolute Gasteiger partial charge is 0.497 e. The number of benzene rings is 1. The average molecular weight is 279 g/mol. The highest BCUT2D eigenvalue weighted by atomic mass is 16.5. The summed E-state index contributed by atoms with van der Waals surface area (Å²) in [5.74, 6) is 2.51. The van der Waals surface area contributed by atoms with Crippen LogP contribution in [0, 0.1) is 5.92 Å². The third kappa shape index (κ3) is 5.83. The van der Waals surface area contributed by atoms with Crippen molar-refractivity contribution in [1.29, 1.82) is 0 Å². The quantitative estimate of drug-likeness (QED) is 0.663. The lowest BCUT2D eigenvalue weighted by Crippen LogP contribution is -2.18. The number of hydrogen-bond donors (Lipinski definition) is 1. The van der Waals surface area contributed by atoms with Crippen molar-refractivity contribution in [2.24, 2.45) is 5.92 Å². The Morgan fingerprint density at radius 2 is 1.90 bits per heavy atom. The topological polar surface area (TPSA) is 30.5 Å². The van der Waals surface area contributed by atoms with Crippen LogP contribution in [0.3, 0.4) is 0 Å². The highest BCUT2D eigenvalue weighted by molar-refractivity contribution is 5.40. The van der Waals surface area contributed by atoms with Crippen molar-refractivity contribution in [2.45, 2.75) is 39.5 Å². The first-order valence-electron chi connectivity index (χ1n) is 7.62. The van der Waals surface area contributed by atoms with Crippen LogP contribution in [0.25, 0.3) is 0 Å². The second-order valence-corrected chi connectivity index (χ2v) is 5.36. The fourth-order valence-corrected chi connectivity index (χ4v) is 2.25. The van der Waals surface area contributed by atoms with Crippen molar-refractivity contribution in [2.75, 3.05) is 27.3 Å². The van der Waals surface area contributed by atoms with Gasteiger partial charge in [-0.1, -0.05) is 19.9 Å². The van der Waals surface area contributed by atoms with Gasteiger partial charge in [-0.25, -0.2) is 0 Å². The Balaban J connectivity index is 2.40. The number of aryl methyl sites for hydroxylation is 1. The van der Waals surface area contributed by atoms with Crippen LogP contribution in [0.5, 0.6) is 11.5 Å². The zero-order valence-corrected chi connectivity index (χ0v) is 13.4. The van der Waals surface area contributed by atoms with E-state index >= 15 is 0 Å². The molecule has 0 aliphatic carbocycles. The highest BCUT2D eigenvalue weighted by Gasteiger charge is 2.08. The molecule has 1 atom stereocenters. The van der Waals surface area contributed by atoms with Gasteiger partial charge in [0.1, 0.15) is 11.5 Å². The molecule has 1 rings (SSSR count). The summed E-state index contributed by atoms with van der Waals surface area (Å²) in [6, 6.07) is 6.08. The molecule has 0 aromatic heterocycles. The van der Waals surface area contributed by atoms with E-state index in [2.05, 4.69) is 25.2 Å². The molecule has 1 aromatic carbocycles. The minimum absolute atomic E-state index is 0.728. The van der Waals surface area contributed by atoms with Crippen LogP contribution in [-0.4, -0.2) is 27.3 Å². The molecule has 0 amide bonds. The van der Waals surface area contributed by atoms with Crippen LogP contribution in [0.2, 0.25) is 0 Å². The summed E-state index contributed by atoms with van der Waals surface area (Å²) in [7, 11) is 3.40. The molecule has 0 saturated heterocycles. The molecule has 3 heteroatoms. The minimum Gasteiger partial charge on any atom is -0.497 e. The first-order valence-corrected chi connectivity index (χ1v) is 7.62. The first-order chi connectivity index (χ1) is 9.71. The molecule has 1 unspecified atom stereocenters. The van der Waals surface area contributed by atoms with Gasteiger partial charge in [0.15, 0.2) is 0 Å². The molecule has 0 spiro atoms. The van der Waals surface area contributed by atoms with Gasteiger partial charge in [-0.05, 0) is 56.3 Å². The standard InChI is InChI=1S/C17H29NO2/c1-5-11-18-12-10-14(2)6-7-15-8-9-16(19-3)13-17(15)20-4/h8-9,13-14,18H,5-7,10-12H2,1-4H3. The second kappa shape index (κ2) is 9.65. The Hall–Kier alpha value is -1.22. The maximum absolute atomic E-state index is 5.44. The summed E-state index contributed by atoms with van der Waals surface area (Å²) >= 11 is 0. The maximum atomic E-state index is 5.44. The molecule has 0 aliphatic rings. The van der Waals surface area contributed by atoms with E-state index in [1.807, 2.05) is 12.1 Å². The lowest BCUT2D eigenvalue weighted by molar-refractivity contribution is 0.388. The fraction of sp³-hybridized carbons (Fsp3) is 0.647. The van der Waals surface area contributed by atoms with E-state index in [4.69, 9.17) is 9.47 Å². The van der Waals surface area contributed by atoms with Crippen molar-refractivity contribution in [3.05, 3.63) is 23.8 Å². The monoisotopic (exact) mass is 279 g/mol. The lowest BCUT2D eigenvalue weighted by Gasteiger charge is -2.14. The molecule has 0 fully saturated rings. The van der Waals surface area contributed by atoms with E-state index in [0.29, 0.717) is 0 Å². The van der Waals surface area contributed by atoms with Crippen molar-refractivity contribution in [3.8, 4) is 11.5 Å². The van der Waals surface area contributed by atoms with Gasteiger partial charge in [0.25, 0.3) is 0 Å². The Bertz CT molecular complexity index is 379. The predicted molar refractivity (Wildman–Crippen MR) is 84.8 cm³/mol. The maximum Gasteiger partial charge on any atom is 0.125 e. The Kier molecular flexibility index (Phi) is 8.12. The highest BCUT2D eigenvalue weighted by Crippen LogP contribution is 2.26. The Morgan fingerprint density at radius 1 is 1.10 bits per heavy atom. The van der Waals surface area contributed by atoms with Gasteiger partial charge >= 0.3 is 0 Å². The van der Waals surface area contributed by atoms with Crippen LogP contribution >= 0.6 is 0 Å². The number of nitrogens with one attached hydrogen (secondary N) is 1. The Morgan fingerprint density at radius 3 is 2.55 bits per heavy atom. The molecule has 0 radical (unpaired) electrons. The van der Waals surface area contributed by atoms with Crippen molar-refractivity contribution in [1.82, 2.24) is 5.32 Å². The summed E-state index contributed by atoms with van der Waals surface area (Å²) in [6.07, 6.45) is 4.69. The predicted octanol–water partition coefficient (Wildman–Crippen LogP) is 3.66. The summed E-state index contributed by atoms with van der Waals surface area (Å²) in [5.41, 5.74) is 1.27. The van der Waals surface area contributed by atoms with Gasteiger partial charge in [0, 0.05) is 6.07 Å². The zero-order chi connectivity index (χ0) is 14.8. The molecular formula is C17H29NO2.